The van der Waals surface area contributed by atoms with Crippen molar-refractivity contribution >= 4 is 40.0 Å². The van der Waals surface area contributed by atoms with Crippen LogP contribution < -0.4 is 10.2 Å². The number of hydrogen-bond acceptors (Lipinski definition) is 10. The van der Waals surface area contributed by atoms with Crippen molar-refractivity contribution in [1.82, 2.24) is 4.98 Å². The second-order valence-electron chi connectivity index (χ2n) is 7.61. The second-order valence-corrected chi connectivity index (χ2v) is 8.49. The number of morpholine rings is 1. The van der Waals surface area contributed by atoms with E-state index in [9.17, 15) is 14.4 Å². The van der Waals surface area contributed by atoms with Crippen LogP contribution in [0.25, 0.3) is 11.3 Å². The highest BCUT2D eigenvalue weighted by molar-refractivity contribution is 7.15. The maximum Gasteiger partial charge on any atom is 0.341 e. The van der Waals surface area contributed by atoms with Gasteiger partial charge in [-0.3, -0.25) is 4.79 Å². The summed E-state index contributed by atoms with van der Waals surface area (Å²) in [5.41, 5.74) is 0.933. The molecule has 0 spiro atoms. The van der Waals surface area contributed by atoms with E-state index in [1.807, 2.05) is 0 Å². The molecule has 3 aromatic heterocycles. The molecule has 4 heterocycles. The van der Waals surface area contributed by atoms with E-state index in [2.05, 4.69) is 15.2 Å². The number of amides is 1. The first-order chi connectivity index (χ1) is 17.0. The predicted octanol–water partition coefficient (Wildman–Crippen LogP) is 3.52. The molecule has 35 heavy (non-hydrogen) atoms. The van der Waals surface area contributed by atoms with Crippen LogP contribution in [0.15, 0.2) is 40.3 Å². The first-order valence-electron chi connectivity index (χ1n) is 11.1. The maximum atomic E-state index is 12.6. The Morgan fingerprint density at radius 3 is 2.57 bits per heavy atom. The minimum absolute atomic E-state index is 0.175. The maximum absolute atomic E-state index is 12.6. The Morgan fingerprint density at radius 2 is 1.91 bits per heavy atom. The zero-order chi connectivity index (χ0) is 24.8. The van der Waals surface area contributed by atoms with Gasteiger partial charge in [-0.1, -0.05) is 0 Å². The Balaban J connectivity index is 1.39. The van der Waals surface area contributed by atoms with Crippen LogP contribution in [-0.2, 0) is 19.0 Å². The van der Waals surface area contributed by atoms with E-state index in [0.29, 0.717) is 30.3 Å². The van der Waals surface area contributed by atoms with E-state index in [0.717, 1.165) is 30.2 Å². The Hall–Kier alpha value is -3.70. The second kappa shape index (κ2) is 11.2. The summed E-state index contributed by atoms with van der Waals surface area (Å²) in [6.07, 6.45) is 1.42. The lowest BCUT2D eigenvalue weighted by Crippen LogP contribution is -2.36. The third-order valence-corrected chi connectivity index (χ3v) is 6.08. The molecule has 3 aromatic rings. The van der Waals surface area contributed by atoms with Gasteiger partial charge in [0.15, 0.2) is 6.61 Å². The highest BCUT2D eigenvalue weighted by atomic mass is 32.1. The van der Waals surface area contributed by atoms with Gasteiger partial charge in [0.25, 0.3) is 5.91 Å². The van der Waals surface area contributed by atoms with E-state index in [-0.39, 0.29) is 22.7 Å². The minimum atomic E-state index is -0.676. The van der Waals surface area contributed by atoms with Crippen molar-refractivity contribution in [2.75, 3.05) is 49.7 Å². The molecule has 0 aliphatic carbocycles. The highest BCUT2D eigenvalue weighted by Gasteiger charge is 2.25. The SMILES string of the molecule is CCOC(=O)c1c(-c2ccc(C)o2)csc1NC(=O)COC(=O)c1ccc(N2CCOCC2)nc1. The molecule has 4 rings (SSSR count). The molecule has 0 radical (unpaired) electrons. The number of ether oxygens (including phenoxy) is 3. The van der Waals surface area contributed by atoms with Crippen LogP contribution >= 0.6 is 11.3 Å². The Morgan fingerprint density at radius 1 is 1.11 bits per heavy atom. The first-order valence-corrected chi connectivity index (χ1v) is 12.0. The molecule has 0 aromatic carbocycles. The molecule has 11 heteroatoms. The van der Waals surface area contributed by atoms with Crippen LogP contribution in [0.4, 0.5) is 10.8 Å². The molecular weight excluding hydrogens is 474 g/mol. The molecule has 184 valence electrons. The molecule has 1 saturated heterocycles. The Kier molecular flexibility index (Phi) is 7.78. The summed E-state index contributed by atoms with van der Waals surface area (Å²) in [7, 11) is 0. The zero-order valence-electron chi connectivity index (χ0n) is 19.4. The number of anilines is 2. The number of nitrogens with one attached hydrogen (secondary N) is 1. The fourth-order valence-electron chi connectivity index (χ4n) is 3.48. The van der Waals surface area contributed by atoms with Crippen molar-refractivity contribution in [2.45, 2.75) is 13.8 Å². The zero-order valence-corrected chi connectivity index (χ0v) is 20.2. The van der Waals surface area contributed by atoms with E-state index >= 15 is 0 Å². The van der Waals surface area contributed by atoms with Gasteiger partial charge < -0.3 is 28.8 Å². The monoisotopic (exact) mass is 499 g/mol. The molecule has 1 N–H and O–H groups in total. The number of hydrogen-bond donors (Lipinski definition) is 1. The summed E-state index contributed by atoms with van der Waals surface area (Å²) >= 11 is 1.15. The molecule has 0 unspecified atom stereocenters. The fraction of sp³-hybridized carbons (Fsp3) is 0.333. The number of aromatic nitrogens is 1. The average Bonchev–Trinajstić information content (AvgIpc) is 3.49. The quantitative estimate of drug-likeness (QED) is 0.464. The molecule has 1 aliphatic rings. The van der Waals surface area contributed by atoms with Crippen LogP contribution in [0.5, 0.6) is 0 Å². The topological polar surface area (TPSA) is 120 Å². The van der Waals surface area contributed by atoms with Gasteiger partial charge in [-0.15, -0.1) is 11.3 Å². The van der Waals surface area contributed by atoms with Crippen molar-refractivity contribution in [3.63, 3.8) is 0 Å². The van der Waals surface area contributed by atoms with Crippen LogP contribution in [-0.4, -0.2) is 62.3 Å². The number of aryl methyl sites for hydroxylation is 1. The summed E-state index contributed by atoms with van der Waals surface area (Å²) in [5, 5.41) is 4.62. The lowest BCUT2D eigenvalue weighted by molar-refractivity contribution is -0.119. The molecule has 10 nitrogen and oxygen atoms in total. The van der Waals surface area contributed by atoms with Crippen molar-refractivity contribution in [1.29, 1.82) is 0 Å². The number of esters is 2. The largest absolute Gasteiger partial charge is 0.462 e. The fourth-order valence-corrected chi connectivity index (χ4v) is 4.43. The van der Waals surface area contributed by atoms with Crippen LogP contribution in [0.2, 0.25) is 0 Å². The standard InChI is InChI=1S/C24H25N3O7S/c1-3-32-24(30)21-17(18-6-4-15(2)34-18)14-35-22(21)26-20(28)13-33-23(29)16-5-7-19(25-12-16)27-8-10-31-11-9-27/h4-7,12,14H,3,8-11,13H2,1-2H3,(H,26,28). The van der Waals surface area contributed by atoms with Gasteiger partial charge in [-0.25, -0.2) is 14.6 Å². The highest BCUT2D eigenvalue weighted by Crippen LogP contribution is 2.37. The smallest absolute Gasteiger partial charge is 0.341 e. The van der Waals surface area contributed by atoms with Gasteiger partial charge in [-0.05, 0) is 38.1 Å². The van der Waals surface area contributed by atoms with E-state index in [1.165, 1.54) is 6.20 Å². The van der Waals surface area contributed by atoms with Gasteiger partial charge in [-0.2, -0.15) is 0 Å². The summed E-state index contributed by atoms with van der Waals surface area (Å²) in [6, 6.07) is 6.86. The number of rotatable bonds is 8. The number of nitrogens with zero attached hydrogens (tertiary/aromatic N) is 2. The molecule has 0 bridgehead atoms. The summed E-state index contributed by atoms with van der Waals surface area (Å²) in [6.45, 7) is 5.86. The summed E-state index contributed by atoms with van der Waals surface area (Å²) in [5.74, 6) is 0.0640. The van der Waals surface area contributed by atoms with Crippen molar-refractivity contribution in [2.24, 2.45) is 0 Å². The van der Waals surface area contributed by atoms with Gasteiger partial charge in [0, 0.05) is 30.2 Å². The van der Waals surface area contributed by atoms with Gasteiger partial charge in [0.05, 0.1) is 25.4 Å². The van der Waals surface area contributed by atoms with Crippen LogP contribution in [0.1, 0.15) is 33.4 Å². The van der Waals surface area contributed by atoms with E-state index < -0.39 is 24.5 Å². The predicted molar refractivity (Wildman–Crippen MR) is 129 cm³/mol. The number of carbonyl (C=O) groups excluding carboxylic acids is 3. The molecular formula is C24H25N3O7S. The average molecular weight is 500 g/mol. The molecule has 1 fully saturated rings. The van der Waals surface area contributed by atoms with Gasteiger partial charge >= 0.3 is 11.9 Å². The Labute approximate surface area is 205 Å². The Bertz CT molecular complexity index is 1200. The van der Waals surface area contributed by atoms with Crippen molar-refractivity contribution in [3.05, 3.63) is 52.7 Å². The van der Waals surface area contributed by atoms with E-state index in [4.69, 9.17) is 18.6 Å². The van der Waals surface area contributed by atoms with Crippen molar-refractivity contribution < 1.29 is 33.0 Å². The van der Waals surface area contributed by atoms with E-state index in [1.54, 1.807) is 43.5 Å². The minimum Gasteiger partial charge on any atom is -0.462 e. The first kappa shape index (κ1) is 24.4. The summed E-state index contributed by atoms with van der Waals surface area (Å²) < 4.78 is 21.3. The third-order valence-electron chi connectivity index (χ3n) is 5.18. The summed E-state index contributed by atoms with van der Waals surface area (Å²) in [4.78, 5) is 43.8. The molecule has 0 saturated carbocycles. The van der Waals surface area contributed by atoms with Gasteiger partial charge in [0.1, 0.15) is 27.9 Å². The van der Waals surface area contributed by atoms with Crippen LogP contribution in [0.3, 0.4) is 0 Å². The molecule has 1 aliphatic heterocycles. The molecule has 1 amide bonds. The lowest BCUT2D eigenvalue weighted by Gasteiger charge is -2.27. The number of furan rings is 1. The number of carbonyl (C=O) groups is 3. The number of pyridine rings is 1. The lowest BCUT2D eigenvalue weighted by atomic mass is 10.1. The van der Waals surface area contributed by atoms with Gasteiger partial charge in [0.2, 0.25) is 0 Å². The third kappa shape index (κ3) is 5.87. The van der Waals surface area contributed by atoms with Crippen LogP contribution in [0, 0.1) is 6.92 Å². The number of thiophene rings is 1. The molecule has 0 atom stereocenters. The van der Waals surface area contributed by atoms with Crippen molar-refractivity contribution in [3.8, 4) is 11.3 Å². The normalized spacial score (nSPS) is 13.4.